The number of methoxy groups -OCH3 is 1. The summed E-state index contributed by atoms with van der Waals surface area (Å²) < 4.78 is 31.0. The van der Waals surface area contributed by atoms with E-state index in [2.05, 4.69) is 32.6 Å². The van der Waals surface area contributed by atoms with E-state index < -0.39 is 11.7 Å². The molecule has 8 nitrogen and oxygen atoms in total. The topological polar surface area (TPSA) is 86.7 Å². The number of ether oxygens (including phenoxy) is 5. The Kier molecular flexibility index (Phi) is 9.44. The van der Waals surface area contributed by atoms with Crippen molar-refractivity contribution in [3.05, 3.63) is 0 Å². The first-order chi connectivity index (χ1) is 22.7. The molecular formula is C40H67NO7. The maximum absolute atomic E-state index is 12.0. The van der Waals surface area contributed by atoms with E-state index in [1.165, 1.54) is 51.9 Å². The van der Waals surface area contributed by atoms with Gasteiger partial charge in [0.15, 0.2) is 12.4 Å². The highest BCUT2D eigenvalue weighted by molar-refractivity contribution is 5.66. The summed E-state index contributed by atoms with van der Waals surface area (Å²) >= 11 is 0. The predicted molar refractivity (Wildman–Crippen MR) is 184 cm³/mol. The minimum atomic E-state index is -1.14. The molecule has 1 N–H and O–H groups in total. The van der Waals surface area contributed by atoms with Gasteiger partial charge in [-0.2, -0.15) is 0 Å². The second-order valence-corrected chi connectivity index (χ2v) is 18.8. The maximum atomic E-state index is 12.0. The summed E-state index contributed by atoms with van der Waals surface area (Å²) in [4.78, 5) is 14.4. The molecule has 2 spiro atoms. The zero-order valence-corrected chi connectivity index (χ0v) is 31.4. The van der Waals surface area contributed by atoms with Gasteiger partial charge in [0.1, 0.15) is 0 Å². The van der Waals surface area contributed by atoms with Crippen molar-refractivity contribution >= 4 is 5.97 Å². The largest absolute Gasteiger partial charge is 0.457 e. The molecule has 7 aliphatic rings. The van der Waals surface area contributed by atoms with Crippen LogP contribution in [0.4, 0.5) is 0 Å². The zero-order valence-electron chi connectivity index (χ0n) is 31.4. The van der Waals surface area contributed by atoms with Crippen molar-refractivity contribution in [2.45, 2.75) is 155 Å². The monoisotopic (exact) mass is 673 g/mol. The first kappa shape index (κ1) is 35.6. The van der Waals surface area contributed by atoms with E-state index in [1.807, 2.05) is 0 Å². The molecule has 2 saturated heterocycles. The molecule has 2 aliphatic heterocycles. The normalized spacial score (nSPS) is 47.6. The van der Waals surface area contributed by atoms with Gasteiger partial charge >= 0.3 is 5.97 Å². The van der Waals surface area contributed by atoms with Crippen molar-refractivity contribution in [2.75, 3.05) is 40.0 Å². The van der Waals surface area contributed by atoms with Crippen molar-refractivity contribution < 1.29 is 33.6 Å². The third kappa shape index (κ3) is 5.55. The molecule has 8 heteroatoms. The molecule has 0 bridgehead atoms. The summed E-state index contributed by atoms with van der Waals surface area (Å²) in [6.45, 7) is 19.4. The van der Waals surface area contributed by atoms with Gasteiger partial charge in [0.25, 0.3) is 0 Å². The van der Waals surface area contributed by atoms with Gasteiger partial charge in [-0.1, -0.05) is 27.7 Å². The van der Waals surface area contributed by atoms with E-state index in [-0.39, 0.29) is 41.4 Å². The molecule has 5 aliphatic carbocycles. The molecule has 0 aromatic carbocycles. The maximum Gasteiger partial charge on any atom is 0.303 e. The molecule has 0 aromatic rings. The summed E-state index contributed by atoms with van der Waals surface area (Å²) in [6.07, 6.45) is 12.9. The molecule has 0 amide bonds. The third-order valence-electron chi connectivity index (χ3n) is 16.2. The SMILES string of the molecule is COCCN1CCOC(OC2CCC34C(CCC5CCC6CC7OC(C(OC(C)=O)C(C)(C)O)CCC7C6(C)CCC53C4C)C2(C)C)C1. The lowest BCUT2D eigenvalue weighted by Crippen LogP contribution is -2.54. The fourth-order valence-electron chi connectivity index (χ4n) is 13.9. The third-order valence-corrected chi connectivity index (χ3v) is 16.2. The van der Waals surface area contributed by atoms with Crippen molar-refractivity contribution in [1.29, 1.82) is 0 Å². The van der Waals surface area contributed by atoms with E-state index in [0.717, 1.165) is 70.4 Å². The minimum Gasteiger partial charge on any atom is -0.457 e. The van der Waals surface area contributed by atoms with Gasteiger partial charge in [-0.25, -0.2) is 0 Å². The molecule has 2 heterocycles. The fraction of sp³-hybridized carbons (Fsp3) is 0.975. The lowest BCUT2D eigenvalue weighted by Gasteiger charge is -2.57. The van der Waals surface area contributed by atoms with Crippen LogP contribution in [0.25, 0.3) is 0 Å². The summed E-state index contributed by atoms with van der Waals surface area (Å²) in [7, 11) is 1.78. The molecule has 13 atom stereocenters. The Morgan fingerprint density at radius 2 is 1.75 bits per heavy atom. The number of carbonyl (C=O) groups excluding carboxylic acids is 1. The Morgan fingerprint density at radius 3 is 2.48 bits per heavy atom. The molecule has 13 unspecified atom stereocenters. The Balaban J connectivity index is 1.06. The van der Waals surface area contributed by atoms with E-state index in [9.17, 15) is 9.90 Å². The van der Waals surface area contributed by atoms with E-state index in [1.54, 1.807) is 21.0 Å². The lowest BCUT2D eigenvalue weighted by atomic mass is 9.50. The van der Waals surface area contributed by atoms with Gasteiger partial charge in [-0.15, -0.1) is 0 Å². The van der Waals surface area contributed by atoms with Crippen LogP contribution >= 0.6 is 0 Å². The summed E-state index contributed by atoms with van der Waals surface area (Å²) in [5.41, 5.74) is 0.164. The van der Waals surface area contributed by atoms with Crippen LogP contribution < -0.4 is 0 Å². The molecule has 0 aromatic heterocycles. The van der Waals surface area contributed by atoms with Crippen LogP contribution in [-0.2, 0) is 28.5 Å². The van der Waals surface area contributed by atoms with Gasteiger partial charge in [0, 0.05) is 33.7 Å². The number of morpholine rings is 1. The molecule has 48 heavy (non-hydrogen) atoms. The van der Waals surface area contributed by atoms with Gasteiger partial charge in [0.05, 0.1) is 37.1 Å². The lowest BCUT2D eigenvalue weighted by molar-refractivity contribution is -0.244. The number of nitrogens with zero attached hydrogens (tertiary/aromatic N) is 1. The second-order valence-electron chi connectivity index (χ2n) is 18.8. The van der Waals surface area contributed by atoms with Crippen LogP contribution in [0, 0.1) is 51.2 Å². The number of hydrogen-bond acceptors (Lipinski definition) is 8. The molecule has 7 fully saturated rings. The van der Waals surface area contributed by atoms with Crippen LogP contribution in [0.2, 0.25) is 0 Å². The summed E-state index contributed by atoms with van der Waals surface area (Å²) in [5, 5.41) is 10.9. The summed E-state index contributed by atoms with van der Waals surface area (Å²) in [5.74, 6) is 3.17. The van der Waals surface area contributed by atoms with Crippen molar-refractivity contribution in [3.8, 4) is 0 Å². The predicted octanol–water partition coefficient (Wildman–Crippen LogP) is 6.61. The minimum absolute atomic E-state index is 0.123. The number of fused-ring (bicyclic) bond motifs is 3. The molecule has 7 rings (SSSR count). The smallest absolute Gasteiger partial charge is 0.303 e. The van der Waals surface area contributed by atoms with Crippen LogP contribution in [0.5, 0.6) is 0 Å². The first-order valence-electron chi connectivity index (χ1n) is 19.7. The van der Waals surface area contributed by atoms with Gasteiger partial charge < -0.3 is 28.8 Å². The highest BCUT2D eigenvalue weighted by Crippen LogP contribution is 2.87. The Labute approximate surface area is 290 Å². The van der Waals surface area contributed by atoms with Crippen LogP contribution in [0.1, 0.15) is 119 Å². The number of aliphatic hydroxyl groups is 1. The highest BCUT2D eigenvalue weighted by atomic mass is 16.7. The standard InChI is InChI=1S/C40H67NO7/c1-25-39-18-17-38(7)28(23-31-29(38)12-13-30(47-31)35(37(5,6)43)46-26(2)42)10-9-27(39)11-14-32-36(3,4)33(15-16-40(25,32)39)48-34-24-41(19-21-44-8)20-22-45-34/h25,27-35,43H,9-24H2,1-8H3. The first-order valence-corrected chi connectivity index (χ1v) is 19.7. The molecule has 274 valence electrons. The second kappa shape index (κ2) is 12.7. The van der Waals surface area contributed by atoms with Crippen molar-refractivity contribution in [1.82, 2.24) is 4.90 Å². The van der Waals surface area contributed by atoms with Gasteiger partial charge in [-0.05, 0) is 136 Å². The molecule has 0 radical (unpaired) electrons. The molecular weight excluding hydrogens is 606 g/mol. The van der Waals surface area contributed by atoms with Crippen LogP contribution in [0.3, 0.4) is 0 Å². The quantitative estimate of drug-likeness (QED) is 0.288. The van der Waals surface area contributed by atoms with Crippen molar-refractivity contribution in [3.63, 3.8) is 0 Å². The van der Waals surface area contributed by atoms with Gasteiger partial charge in [-0.3, -0.25) is 9.69 Å². The number of esters is 1. The Hall–Kier alpha value is -0.770. The fourth-order valence-corrected chi connectivity index (χ4v) is 13.9. The van der Waals surface area contributed by atoms with Crippen LogP contribution in [0.15, 0.2) is 0 Å². The Bertz CT molecular complexity index is 1190. The van der Waals surface area contributed by atoms with E-state index in [0.29, 0.717) is 28.6 Å². The highest BCUT2D eigenvalue weighted by Gasteiger charge is 2.82. The van der Waals surface area contributed by atoms with E-state index >= 15 is 0 Å². The van der Waals surface area contributed by atoms with Crippen molar-refractivity contribution in [2.24, 2.45) is 51.2 Å². The zero-order chi connectivity index (χ0) is 34.3. The summed E-state index contributed by atoms with van der Waals surface area (Å²) in [6, 6.07) is 0. The Morgan fingerprint density at radius 1 is 1.00 bits per heavy atom. The average molecular weight is 674 g/mol. The number of rotatable bonds is 8. The number of carbonyl (C=O) groups is 1. The average Bonchev–Trinajstić information content (AvgIpc) is 3.44. The number of hydrogen-bond donors (Lipinski definition) is 1. The van der Waals surface area contributed by atoms with Gasteiger partial charge in [0.2, 0.25) is 0 Å². The van der Waals surface area contributed by atoms with E-state index in [4.69, 9.17) is 23.7 Å². The van der Waals surface area contributed by atoms with Crippen LogP contribution in [-0.4, -0.2) is 92.2 Å². The molecule has 5 saturated carbocycles.